The number of phenols is 1. The molecule has 0 saturated carbocycles. The van der Waals surface area contributed by atoms with E-state index in [-0.39, 0.29) is 16.7 Å². The molecule has 0 saturated heterocycles. The smallest absolute Gasteiger partial charge is 0.349 e. The minimum atomic E-state index is -0.788. The number of methoxy groups -OCH3 is 1. The predicted molar refractivity (Wildman–Crippen MR) is 93.1 cm³/mol. The monoisotopic (exact) mass is 356 g/mol. The van der Waals surface area contributed by atoms with Gasteiger partial charge >= 0.3 is 11.4 Å². The van der Waals surface area contributed by atoms with Gasteiger partial charge in [0.25, 0.3) is 5.56 Å². The number of hydrogen-bond acceptors (Lipinski definition) is 7. The first-order valence-electron chi connectivity index (χ1n) is 7.26. The van der Waals surface area contributed by atoms with Crippen LogP contribution in [0.1, 0.15) is 5.56 Å². The summed E-state index contributed by atoms with van der Waals surface area (Å²) in [6.45, 7) is 0. The van der Waals surface area contributed by atoms with Gasteiger partial charge in [0.05, 0.1) is 29.2 Å². The van der Waals surface area contributed by atoms with Gasteiger partial charge in [0.2, 0.25) is 5.75 Å². The Morgan fingerprint density at radius 1 is 1.31 bits per heavy atom. The Kier molecular flexibility index (Phi) is 4.23. The van der Waals surface area contributed by atoms with Crippen molar-refractivity contribution < 1.29 is 14.8 Å². The summed E-state index contributed by atoms with van der Waals surface area (Å²) in [6, 6.07) is 8.76. The normalized spacial score (nSPS) is 11.1. The quantitative estimate of drug-likeness (QED) is 0.409. The van der Waals surface area contributed by atoms with Crippen molar-refractivity contribution in [1.29, 1.82) is 0 Å². The molecule has 1 aromatic heterocycles. The molecular weight excluding hydrogens is 344 g/mol. The largest absolute Gasteiger partial charge is 0.500 e. The summed E-state index contributed by atoms with van der Waals surface area (Å²) in [7, 11) is 1.23. The van der Waals surface area contributed by atoms with E-state index in [2.05, 4.69) is 10.1 Å². The van der Waals surface area contributed by atoms with E-state index in [1.54, 1.807) is 18.2 Å². The number of H-pyrrole nitrogens is 1. The molecule has 2 N–H and O–H groups in total. The summed E-state index contributed by atoms with van der Waals surface area (Å²) in [4.78, 5) is 37.2. The Morgan fingerprint density at radius 3 is 2.73 bits per heavy atom. The summed E-state index contributed by atoms with van der Waals surface area (Å²) >= 11 is 0. The van der Waals surface area contributed by atoms with E-state index in [4.69, 9.17) is 4.74 Å². The van der Waals surface area contributed by atoms with Gasteiger partial charge in [-0.25, -0.2) is 4.79 Å². The first-order chi connectivity index (χ1) is 12.4. The zero-order valence-electron chi connectivity index (χ0n) is 13.4. The van der Waals surface area contributed by atoms with Crippen molar-refractivity contribution in [2.24, 2.45) is 5.10 Å². The number of aromatic nitrogens is 2. The molecule has 10 heteroatoms. The number of aromatic hydroxyl groups is 1. The lowest BCUT2D eigenvalue weighted by Crippen LogP contribution is -2.32. The van der Waals surface area contributed by atoms with Crippen molar-refractivity contribution in [2.45, 2.75) is 0 Å². The Labute approximate surface area is 144 Å². The minimum absolute atomic E-state index is 0.139. The van der Waals surface area contributed by atoms with Crippen molar-refractivity contribution in [3.63, 3.8) is 0 Å². The van der Waals surface area contributed by atoms with Crippen LogP contribution in [-0.4, -0.2) is 33.0 Å². The van der Waals surface area contributed by atoms with E-state index < -0.39 is 27.6 Å². The Balaban J connectivity index is 2.13. The highest BCUT2D eigenvalue weighted by Gasteiger charge is 2.19. The first kappa shape index (κ1) is 16.9. The molecule has 1 heterocycles. The van der Waals surface area contributed by atoms with Gasteiger partial charge in [-0.2, -0.15) is 5.10 Å². The molecule has 0 spiro atoms. The average Bonchev–Trinajstić information content (AvgIpc) is 2.62. The number of benzene rings is 2. The van der Waals surface area contributed by atoms with Crippen LogP contribution in [0, 0.1) is 10.1 Å². The first-order valence-corrected chi connectivity index (χ1v) is 7.26. The molecule has 10 nitrogen and oxygen atoms in total. The van der Waals surface area contributed by atoms with Crippen molar-refractivity contribution in [3.05, 3.63) is 72.9 Å². The minimum Gasteiger partial charge on any atom is -0.500 e. The molecule has 0 amide bonds. The second kappa shape index (κ2) is 6.51. The van der Waals surface area contributed by atoms with Crippen LogP contribution in [0.4, 0.5) is 5.69 Å². The molecule has 3 rings (SSSR count). The van der Waals surface area contributed by atoms with E-state index in [0.717, 1.165) is 12.3 Å². The molecule has 0 unspecified atom stereocenters. The summed E-state index contributed by atoms with van der Waals surface area (Å²) in [5, 5.41) is 24.8. The highest BCUT2D eigenvalue weighted by molar-refractivity contribution is 5.83. The third kappa shape index (κ3) is 2.90. The number of nitrogens with zero attached hydrogens (tertiary/aromatic N) is 3. The molecule has 2 aromatic carbocycles. The van der Waals surface area contributed by atoms with Gasteiger partial charge in [-0.15, -0.1) is 4.68 Å². The van der Waals surface area contributed by atoms with Crippen LogP contribution < -0.4 is 16.0 Å². The lowest BCUT2D eigenvalue weighted by Gasteiger charge is -2.05. The van der Waals surface area contributed by atoms with Gasteiger partial charge in [0.15, 0.2) is 5.75 Å². The molecule has 0 aliphatic carbocycles. The topological polar surface area (TPSA) is 140 Å². The highest BCUT2D eigenvalue weighted by atomic mass is 16.6. The number of nitrogens with one attached hydrogen (secondary N) is 1. The number of ether oxygens (including phenoxy) is 1. The maximum atomic E-state index is 12.4. The fraction of sp³-hybridized carbons (Fsp3) is 0.0625. The SMILES string of the molecule is COc1cc(C=Nn2c(=O)[nH]c3ccccc3c2=O)cc([N+](=O)[O-])c1O. The molecule has 0 fully saturated rings. The van der Waals surface area contributed by atoms with Gasteiger partial charge in [0.1, 0.15) is 0 Å². The van der Waals surface area contributed by atoms with E-state index in [1.165, 1.54) is 19.2 Å². The van der Waals surface area contributed by atoms with Gasteiger partial charge in [-0.3, -0.25) is 14.9 Å². The van der Waals surface area contributed by atoms with Gasteiger partial charge in [0, 0.05) is 11.6 Å². The number of rotatable bonds is 4. The van der Waals surface area contributed by atoms with E-state index in [0.29, 0.717) is 10.2 Å². The molecule has 132 valence electrons. The summed E-state index contributed by atoms with van der Waals surface area (Å²) in [6.07, 6.45) is 1.08. The molecular formula is C16H12N4O6. The van der Waals surface area contributed by atoms with Crippen LogP contribution in [0.3, 0.4) is 0 Å². The zero-order valence-corrected chi connectivity index (χ0v) is 13.4. The van der Waals surface area contributed by atoms with Crippen molar-refractivity contribution in [1.82, 2.24) is 9.66 Å². The van der Waals surface area contributed by atoms with Gasteiger partial charge < -0.3 is 14.8 Å². The Bertz CT molecular complexity index is 1160. The van der Waals surface area contributed by atoms with Crippen molar-refractivity contribution >= 4 is 22.8 Å². The number of fused-ring (bicyclic) bond motifs is 1. The number of phenolic OH excluding ortho intramolecular Hbond substituents is 1. The second-order valence-electron chi connectivity index (χ2n) is 5.19. The summed E-state index contributed by atoms with van der Waals surface area (Å²) < 4.78 is 5.49. The van der Waals surface area contributed by atoms with Crippen LogP contribution in [0.5, 0.6) is 11.5 Å². The van der Waals surface area contributed by atoms with Crippen molar-refractivity contribution in [2.75, 3.05) is 7.11 Å². The van der Waals surface area contributed by atoms with Crippen LogP contribution in [0.2, 0.25) is 0 Å². The molecule has 0 bridgehead atoms. The van der Waals surface area contributed by atoms with Gasteiger partial charge in [-0.1, -0.05) is 12.1 Å². The van der Waals surface area contributed by atoms with Crippen molar-refractivity contribution in [3.8, 4) is 11.5 Å². The fourth-order valence-electron chi connectivity index (χ4n) is 2.37. The van der Waals surface area contributed by atoms with Crippen LogP contribution in [-0.2, 0) is 0 Å². The second-order valence-corrected chi connectivity index (χ2v) is 5.19. The fourth-order valence-corrected chi connectivity index (χ4v) is 2.37. The lowest BCUT2D eigenvalue weighted by atomic mass is 10.2. The third-order valence-electron chi connectivity index (χ3n) is 3.60. The molecule has 3 aromatic rings. The Morgan fingerprint density at radius 2 is 2.04 bits per heavy atom. The standard InChI is InChI=1S/C16H12N4O6/c1-26-13-7-9(6-12(14(13)21)20(24)25)8-17-19-15(22)10-4-2-3-5-11(10)18-16(19)23/h2-8,21H,1H3,(H,18,23). The predicted octanol–water partition coefficient (Wildman–Crippen LogP) is 1.19. The lowest BCUT2D eigenvalue weighted by molar-refractivity contribution is -0.386. The molecule has 0 aliphatic heterocycles. The van der Waals surface area contributed by atoms with Crippen LogP contribution in [0.15, 0.2) is 51.1 Å². The Hall–Kier alpha value is -3.95. The van der Waals surface area contributed by atoms with E-state index in [9.17, 15) is 24.8 Å². The summed E-state index contributed by atoms with van der Waals surface area (Å²) in [5.41, 5.74) is -1.46. The number of aromatic amines is 1. The van der Waals surface area contributed by atoms with Crippen LogP contribution >= 0.6 is 0 Å². The maximum absolute atomic E-state index is 12.4. The van der Waals surface area contributed by atoms with Crippen LogP contribution in [0.25, 0.3) is 10.9 Å². The van der Waals surface area contributed by atoms with Gasteiger partial charge in [-0.05, 0) is 18.2 Å². The molecule has 0 aliphatic rings. The number of nitro groups is 1. The average molecular weight is 356 g/mol. The highest BCUT2D eigenvalue weighted by Crippen LogP contribution is 2.36. The molecule has 26 heavy (non-hydrogen) atoms. The number of para-hydroxylation sites is 1. The summed E-state index contributed by atoms with van der Waals surface area (Å²) in [5.74, 6) is -0.768. The maximum Gasteiger partial charge on any atom is 0.349 e. The third-order valence-corrected chi connectivity index (χ3v) is 3.60. The van der Waals surface area contributed by atoms with E-state index in [1.807, 2.05) is 0 Å². The number of nitro benzene ring substituents is 1. The number of hydrogen-bond donors (Lipinski definition) is 2. The van der Waals surface area contributed by atoms with E-state index >= 15 is 0 Å². The zero-order chi connectivity index (χ0) is 18.8. The molecule has 0 radical (unpaired) electrons. The molecule has 0 atom stereocenters.